The summed E-state index contributed by atoms with van der Waals surface area (Å²) < 4.78 is 39.3. The van der Waals surface area contributed by atoms with Gasteiger partial charge in [0.25, 0.3) is 11.1 Å². The van der Waals surface area contributed by atoms with Crippen molar-refractivity contribution < 1.29 is 18.0 Å². The van der Waals surface area contributed by atoms with E-state index in [0.717, 1.165) is 0 Å². The van der Waals surface area contributed by atoms with E-state index in [1.165, 1.54) is 17.8 Å². The molecule has 4 N–H and O–H groups in total. The molecule has 0 aliphatic heterocycles. The number of halogens is 3. The lowest BCUT2D eigenvalue weighted by Crippen LogP contribution is -2.37. The molecule has 2 heterocycles. The van der Waals surface area contributed by atoms with Crippen molar-refractivity contribution in [2.24, 2.45) is 14.1 Å². The standard InChI is InChI=1S/C8H8F3N3O2S.C7H11N3OS/c1-14-3-4(5(15)13-7(14)17)2-12-6(16)8(9,10)11;1-8-3-5-4-10(2)7(12)9-6(5)11/h3H,2H2,1H3,(H,12,16)(H,13,15,17);4,8H,3H2,1-2H3,(H,9,11,12). The second-order valence-electron chi connectivity index (χ2n) is 5.76. The third-order valence-corrected chi connectivity index (χ3v) is 4.21. The van der Waals surface area contributed by atoms with Gasteiger partial charge in [-0.1, -0.05) is 0 Å². The third-order valence-electron chi connectivity index (χ3n) is 3.43. The van der Waals surface area contributed by atoms with Crippen molar-refractivity contribution in [1.29, 1.82) is 0 Å². The van der Waals surface area contributed by atoms with E-state index in [4.69, 9.17) is 24.4 Å². The maximum Gasteiger partial charge on any atom is 0.471 e. The number of nitrogens with one attached hydrogen (secondary N) is 4. The van der Waals surface area contributed by atoms with Gasteiger partial charge in [-0.2, -0.15) is 13.2 Å². The second kappa shape index (κ2) is 10.3. The highest BCUT2D eigenvalue weighted by atomic mass is 32.1. The SMILES string of the molecule is CNCc1cn(C)c(=S)[nH]c1=O.Cn1cc(CNC(=O)C(F)(F)F)c(=O)[nH]c1=S. The highest BCUT2D eigenvalue weighted by Gasteiger charge is 2.38. The van der Waals surface area contributed by atoms with Gasteiger partial charge in [-0.3, -0.25) is 24.4 Å². The summed E-state index contributed by atoms with van der Waals surface area (Å²) in [6.07, 6.45) is -1.97. The Bertz CT molecular complexity index is 1100. The van der Waals surface area contributed by atoms with E-state index in [2.05, 4.69) is 15.3 Å². The van der Waals surface area contributed by atoms with Gasteiger partial charge in [-0.25, -0.2) is 0 Å². The largest absolute Gasteiger partial charge is 0.471 e. The van der Waals surface area contributed by atoms with Gasteiger partial charge >= 0.3 is 12.1 Å². The minimum atomic E-state index is -4.97. The zero-order valence-corrected chi connectivity index (χ0v) is 17.3. The van der Waals surface area contributed by atoms with Crippen LogP contribution >= 0.6 is 24.4 Å². The van der Waals surface area contributed by atoms with Crippen molar-refractivity contribution in [3.8, 4) is 0 Å². The fourth-order valence-electron chi connectivity index (χ4n) is 1.95. The highest BCUT2D eigenvalue weighted by molar-refractivity contribution is 7.71. The smallest absolute Gasteiger partial charge is 0.344 e. The number of carbonyl (C=O) groups excluding carboxylic acids is 1. The first-order valence-electron chi connectivity index (χ1n) is 7.94. The van der Waals surface area contributed by atoms with Gasteiger partial charge < -0.3 is 19.8 Å². The van der Waals surface area contributed by atoms with Crippen molar-refractivity contribution in [2.45, 2.75) is 19.3 Å². The number of aryl methyl sites for hydroxylation is 2. The van der Waals surface area contributed by atoms with Gasteiger partial charge in [0.2, 0.25) is 0 Å². The second-order valence-corrected chi connectivity index (χ2v) is 6.53. The minimum Gasteiger partial charge on any atom is -0.344 e. The number of carbonyl (C=O) groups is 1. The lowest BCUT2D eigenvalue weighted by Gasteiger charge is -2.08. The molecule has 9 nitrogen and oxygen atoms in total. The van der Waals surface area contributed by atoms with E-state index >= 15 is 0 Å². The Balaban J connectivity index is 0.000000308. The first-order chi connectivity index (χ1) is 13.4. The molecule has 29 heavy (non-hydrogen) atoms. The summed E-state index contributed by atoms with van der Waals surface area (Å²) in [7, 11) is 5.12. The first-order valence-corrected chi connectivity index (χ1v) is 8.75. The van der Waals surface area contributed by atoms with E-state index < -0.39 is 24.2 Å². The molecule has 0 spiro atoms. The van der Waals surface area contributed by atoms with E-state index in [0.29, 0.717) is 16.9 Å². The van der Waals surface area contributed by atoms with Crippen LogP contribution in [0.2, 0.25) is 0 Å². The van der Waals surface area contributed by atoms with E-state index in [9.17, 15) is 27.6 Å². The molecule has 2 aromatic rings. The highest BCUT2D eigenvalue weighted by Crippen LogP contribution is 2.14. The fraction of sp³-hybridized carbons (Fsp3) is 0.400. The maximum atomic E-state index is 11.9. The van der Waals surface area contributed by atoms with Gasteiger partial charge in [-0.05, 0) is 31.5 Å². The third kappa shape index (κ3) is 7.40. The molecule has 0 aromatic carbocycles. The molecule has 0 fully saturated rings. The molecule has 0 aliphatic rings. The van der Waals surface area contributed by atoms with Crippen LogP contribution in [0.1, 0.15) is 11.1 Å². The number of hydrogen-bond acceptors (Lipinski definition) is 6. The fourth-order valence-corrected chi connectivity index (χ4v) is 2.24. The van der Waals surface area contributed by atoms with Crippen LogP contribution < -0.4 is 21.8 Å². The zero-order valence-electron chi connectivity index (χ0n) is 15.6. The van der Waals surface area contributed by atoms with Crippen LogP contribution in [-0.2, 0) is 32.0 Å². The predicted molar refractivity (Wildman–Crippen MR) is 104 cm³/mol. The number of rotatable bonds is 4. The number of amides is 1. The number of aromatic amines is 2. The topological polar surface area (TPSA) is 117 Å². The van der Waals surface area contributed by atoms with E-state index in [1.54, 1.807) is 30.2 Å². The van der Waals surface area contributed by atoms with Crippen molar-refractivity contribution in [3.63, 3.8) is 0 Å². The number of alkyl halides is 3. The Morgan fingerprint density at radius 2 is 1.41 bits per heavy atom. The van der Waals surface area contributed by atoms with Crippen LogP contribution in [0.25, 0.3) is 0 Å². The summed E-state index contributed by atoms with van der Waals surface area (Å²) in [5.41, 5.74) is -0.0738. The van der Waals surface area contributed by atoms with Crippen molar-refractivity contribution in [1.82, 2.24) is 29.7 Å². The van der Waals surface area contributed by atoms with Crippen LogP contribution in [-0.4, -0.2) is 38.2 Å². The number of H-pyrrole nitrogens is 2. The van der Waals surface area contributed by atoms with Crippen molar-refractivity contribution in [3.05, 3.63) is 53.8 Å². The van der Waals surface area contributed by atoms with Crippen LogP contribution in [0.4, 0.5) is 13.2 Å². The molecule has 2 rings (SSSR count). The molecule has 0 saturated heterocycles. The molecule has 0 atom stereocenters. The first kappa shape index (κ1) is 24.5. The lowest BCUT2D eigenvalue weighted by molar-refractivity contribution is -0.173. The molecule has 0 bridgehead atoms. The number of aromatic nitrogens is 4. The predicted octanol–water partition coefficient (Wildman–Crippen LogP) is 0.784. The van der Waals surface area contributed by atoms with Crippen LogP contribution in [0, 0.1) is 9.54 Å². The van der Waals surface area contributed by atoms with Gasteiger partial charge in [0.05, 0.1) is 5.56 Å². The normalized spacial score (nSPS) is 10.8. The summed E-state index contributed by atoms with van der Waals surface area (Å²) >= 11 is 9.61. The number of hydrogen-bond donors (Lipinski definition) is 4. The van der Waals surface area contributed by atoms with Crippen molar-refractivity contribution in [2.75, 3.05) is 7.05 Å². The maximum absolute atomic E-state index is 11.9. The number of nitrogens with zero attached hydrogens (tertiary/aromatic N) is 2. The Morgan fingerprint density at radius 3 is 1.79 bits per heavy atom. The van der Waals surface area contributed by atoms with Gasteiger partial charge in [0, 0.05) is 45.1 Å². The average Bonchev–Trinajstić information content (AvgIpc) is 2.61. The molecule has 0 radical (unpaired) electrons. The Kier molecular flexibility index (Phi) is 8.66. The van der Waals surface area contributed by atoms with E-state index in [-0.39, 0.29) is 15.9 Å². The summed E-state index contributed by atoms with van der Waals surface area (Å²) in [6.45, 7) is 0.0376. The molecule has 0 saturated carbocycles. The Labute approximate surface area is 172 Å². The van der Waals surface area contributed by atoms with Crippen LogP contribution in [0.5, 0.6) is 0 Å². The molecule has 14 heteroatoms. The summed E-state index contributed by atoms with van der Waals surface area (Å²) in [5.74, 6) is -2.10. The summed E-state index contributed by atoms with van der Waals surface area (Å²) in [5, 5.41) is 4.50. The molecular formula is C15H19F3N6O3S2. The minimum absolute atomic E-state index is 0.0151. The van der Waals surface area contributed by atoms with Crippen LogP contribution in [0.3, 0.4) is 0 Å². The van der Waals surface area contributed by atoms with Gasteiger partial charge in [0.15, 0.2) is 9.54 Å². The molecular weight excluding hydrogens is 433 g/mol. The molecule has 2 aromatic heterocycles. The molecule has 0 unspecified atom stereocenters. The molecule has 0 aliphatic carbocycles. The molecule has 160 valence electrons. The van der Waals surface area contributed by atoms with Gasteiger partial charge in [-0.15, -0.1) is 0 Å². The summed E-state index contributed by atoms with van der Waals surface area (Å²) in [6, 6.07) is 0. The van der Waals surface area contributed by atoms with Crippen molar-refractivity contribution >= 4 is 30.3 Å². The molecule has 1 amide bonds. The zero-order chi connectivity index (χ0) is 22.4. The average molecular weight is 452 g/mol. The Morgan fingerprint density at radius 1 is 1.00 bits per heavy atom. The lowest BCUT2D eigenvalue weighted by atomic mass is 10.3. The van der Waals surface area contributed by atoms with E-state index in [1.807, 2.05) is 0 Å². The van der Waals surface area contributed by atoms with Gasteiger partial charge in [0.1, 0.15) is 0 Å². The Hall–Kier alpha value is -2.58. The monoisotopic (exact) mass is 452 g/mol. The summed E-state index contributed by atoms with van der Waals surface area (Å²) in [4.78, 5) is 37.9. The van der Waals surface area contributed by atoms with Crippen LogP contribution in [0.15, 0.2) is 22.0 Å². The quantitative estimate of drug-likeness (QED) is 0.510.